The molecule has 0 saturated heterocycles. The molecule has 0 rings (SSSR count). The number of aliphatic carboxylic acids is 1. The van der Waals surface area contributed by atoms with Crippen LogP contribution in [0.1, 0.15) is 200 Å². The van der Waals surface area contributed by atoms with Crippen LogP contribution in [0.15, 0.2) is 48.6 Å². The van der Waals surface area contributed by atoms with Crippen LogP contribution in [0.5, 0.6) is 0 Å². The second kappa shape index (κ2) is 39.2. The summed E-state index contributed by atoms with van der Waals surface area (Å²) in [6.07, 6.45) is 49.6. The zero-order chi connectivity index (χ0) is 36.6. The molecule has 50 heavy (non-hydrogen) atoms. The second-order valence-electron chi connectivity index (χ2n) is 13.9. The lowest BCUT2D eigenvalue weighted by atomic mass is 10.1. The quantitative estimate of drug-likeness (QED) is 0.0382. The van der Waals surface area contributed by atoms with Crippen molar-refractivity contribution in [3.8, 4) is 0 Å². The number of carbonyl (C=O) groups excluding carboxylic acids is 2. The van der Waals surface area contributed by atoms with Gasteiger partial charge in [0.05, 0.1) is 0 Å². The zero-order valence-electron chi connectivity index (χ0n) is 32.5. The summed E-state index contributed by atoms with van der Waals surface area (Å²) in [6, 6.07) is 0. The molecule has 0 aliphatic rings. The van der Waals surface area contributed by atoms with Gasteiger partial charge in [-0.2, -0.15) is 0 Å². The average Bonchev–Trinajstić information content (AvgIpc) is 3.10. The largest absolute Gasteiger partial charge is 0.480 e. The summed E-state index contributed by atoms with van der Waals surface area (Å²) in [7, 11) is 0. The van der Waals surface area contributed by atoms with E-state index in [-0.39, 0.29) is 24.5 Å². The molecule has 0 aromatic rings. The Morgan fingerprint density at radius 2 is 0.980 bits per heavy atom. The van der Waals surface area contributed by atoms with E-state index in [0.29, 0.717) is 12.8 Å². The first-order valence-electron chi connectivity index (χ1n) is 20.8. The van der Waals surface area contributed by atoms with Gasteiger partial charge >= 0.3 is 11.9 Å². The molecule has 0 heterocycles. The number of hydrogen-bond acceptors (Lipinski definition) is 4. The summed E-state index contributed by atoms with van der Waals surface area (Å²) in [6.45, 7) is 4.18. The Balaban J connectivity index is 4.17. The second-order valence-corrected chi connectivity index (χ2v) is 13.9. The van der Waals surface area contributed by atoms with Crippen molar-refractivity contribution in [2.45, 2.75) is 206 Å². The molecule has 0 bridgehead atoms. The van der Waals surface area contributed by atoms with Gasteiger partial charge in [-0.3, -0.25) is 14.4 Å². The summed E-state index contributed by atoms with van der Waals surface area (Å²) in [5.41, 5.74) is 0. The van der Waals surface area contributed by atoms with Gasteiger partial charge < -0.3 is 15.2 Å². The van der Waals surface area contributed by atoms with Gasteiger partial charge in [-0.1, -0.05) is 153 Å². The Bertz CT molecular complexity index is 906. The lowest BCUT2D eigenvalue weighted by molar-refractivity contribution is -0.147. The molecular weight excluding hydrogens is 622 g/mol. The Morgan fingerprint density at radius 1 is 0.540 bits per heavy atom. The first-order chi connectivity index (χ1) is 24.5. The third-order valence-corrected chi connectivity index (χ3v) is 8.96. The van der Waals surface area contributed by atoms with Crippen molar-refractivity contribution in [1.29, 1.82) is 0 Å². The van der Waals surface area contributed by atoms with Gasteiger partial charge in [-0.15, -0.1) is 0 Å². The fourth-order valence-corrected chi connectivity index (χ4v) is 5.85. The Hall–Kier alpha value is -2.63. The molecule has 0 aromatic carbocycles. The Morgan fingerprint density at radius 3 is 1.50 bits per heavy atom. The van der Waals surface area contributed by atoms with Crippen LogP contribution in [0.3, 0.4) is 0 Å². The van der Waals surface area contributed by atoms with Crippen molar-refractivity contribution >= 4 is 17.8 Å². The zero-order valence-corrected chi connectivity index (χ0v) is 32.5. The number of nitrogens with one attached hydrogen (secondary N) is 1. The van der Waals surface area contributed by atoms with Crippen LogP contribution in [-0.2, 0) is 19.1 Å². The van der Waals surface area contributed by atoms with E-state index in [4.69, 9.17) is 9.84 Å². The number of rotatable bonds is 37. The molecule has 2 N–H and O–H groups in total. The number of esters is 1. The van der Waals surface area contributed by atoms with Crippen LogP contribution in [-0.4, -0.2) is 35.6 Å². The van der Waals surface area contributed by atoms with Crippen molar-refractivity contribution in [2.75, 3.05) is 6.54 Å². The molecule has 6 nitrogen and oxygen atoms in total. The fourth-order valence-electron chi connectivity index (χ4n) is 5.85. The normalized spacial score (nSPS) is 12.5. The van der Waals surface area contributed by atoms with E-state index in [9.17, 15) is 14.4 Å². The maximum atomic E-state index is 12.7. The first-order valence-corrected chi connectivity index (χ1v) is 20.8. The molecule has 0 aliphatic carbocycles. The lowest BCUT2D eigenvalue weighted by Gasteiger charge is -2.14. The van der Waals surface area contributed by atoms with Crippen molar-refractivity contribution in [2.24, 2.45) is 0 Å². The molecule has 0 radical (unpaired) electrons. The standard InChI is InChI=1S/C44H77NO5/c1-3-5-7-9-11-13-14-15-16-17-18-19-20-21-23-25-31-35-39-44(49)50-41(36-32-28-24-22-12-10-8-6-4-2)37-33-29-26-27-30-34-38-42(46)45-40-43(47)48/h13-14,16-17,22,24,32,36,41H,3-12,15,18-21,23,25-31,33-35,37-40H2,1-2H3,(H,45,46)(H,47,48)/b14-13-,17-16-,24-22-,36-32-. The van der Waals surface area contributed by atoms with E-state index < -0.39 is 5.97 Å². The average molecular weight is 700 g/mol. The lowest BCUT2D eigenvalue weighted by Crippen LogP contribution is -2.28. The molecule has 1 atom stereocenters. The highest BCUT2D eigenvalue weighted by Crippen LogP contribution is 2.15. The molecule has 0 aliphatic heterocycles. The van der Waals surface area contributed by atoms with Gasteiger partial charge in [-0.05, 0) is 83.1 Å². The van der Waals surface area contributed by atoms with Crippen LogP contribution in [0.2, 0.25) is 0 Å². The Kier molecular flexibility index (Phi) is 37.1. The minimum absolute atomic E-state index is 0.0783. The van der Waals surface area contributed by atoms with E-state index in [1.165, 1.54) is 96.3 Å². The number of unbranched alkanes of at least 4 members (excludes halogenated alkanes) is 20. The van der Waals surface area contributed by atoms with Gasteiger partial charge in [0.1, 0.15) is 12.6 Å². The number of hydrogen-bond donors (Lipinski definition) is 2. The first kappa shape index (κ1) is 47.4. The topological polar surface area (TPSA) is 92.7 Å². The molecule has 6 heteroatoms. The molecule has 0 fully saturated rings. The van der Waals surface area contributed by atoms with Gasteiger partial charge in [-0.25, -0.2) is 0 Å². The van der Waals surface area contributed by atoms with E-state index >= 15 is 0 Å². The van der Waals surface area contributed by atoms with Crippen molar-refractivity contribution in [3.05, 3.63) is 48.6 Å². The molecule has 0 aromatic heterocycles. The van der Waals surface area contributed by atoms with Crippen LogP contribution in [0.25, 0.3) is 0 Å². The molecule has 0 saturated carbocycles. The third-order valence-electron chi connectivity index (χ3n) is 8.96. The van der Waals surface area contributed by atoms with Gasteiger partial charge in [0, 0.05) is 12.8 Å². The van der Waals surface area contributed by atoms with Crippen molar-refractivity contribution < 1.29 is 24.2 Å². The number of carboxylic acid groups (broad SMARTS) is 1. The van der Waals surface area contributed by atoms with E-state index in [2.05, 4.69) is 67.8 Å². The number of ether oxygens (including phenoxy) is 1. The van der Waals surface area contributed by atoms with Crippen LogP contribution in [0.4, 0.5) is 0 Å². The summed E-state index contributed by atoms with van der Waals surface area (Å²) >= 11 is 0. The summed E-state index contributed by atoms with van der Waals surface area (Å²) in [5.74, 6) is -1.30. The fraction of sp³-hybridized carbons (Fsp3) is 0.750. The number of amides is 1. The molecule has 0 spiro atoms. The number of carbonyl (C=O) groups is 3. The number of carboxylic acids is 1. The van der Waals surface area contributed by atoms with Gasteiger partial charge in [0.15, 0.2) is 0 Å². The minimum atomic E-state index is -1.02. The maximum absolute atomic E-state index is 12.7. The van der Waals surface area contributed by atoms with E-state index in [1.54, 1.807) is 0 Å². The van der Waals surface area contributed by atoms with E-state index in [1.807, 2.05) is 0 Å². The maximum Gasteiger partial charge on any atom is 0.322 e. The smallest absolute Gasteiger partial charge is 0.322 e. The highest BCUT2D eigenvalue weighted by molar-refractivity contribution is 5.80. The molecule has 1 amide bonds. The van der Waals surface area contributed by atoms with Crippen molar-refractivity contribution in [3.63, 3.8) is 0 Å². The molecular formula is C44H77NO5. The van der Waals surface area contributed by atoms with Gasteiger partial charge in [0.2, 0.25) is 5.91 Å². The summed E-state index contributed by atoms with van der Waals surface area (Å²) < 4.78 is 5.92. The SMILES string of the molecule is CCCCCC/C=C\C/C=C\CCCCCCCCCC(=O)OC(/C=C\C/C=C\CCCCCC)CCCCCCCCC(=O)NCC(=O)O. The summed E-state index contributed by atoms with van der Waals surface area (Å²) in [4.78, 5) is 34.9. The Labute approximate surface area is 308 Å². The van der Waals surface area contributed by atoms with Crippen LogP contribution < -0.4 is 5.32 Å². The van der Waals surface area contributed by atoms with Crippen LogP contribution >= 0.6 is 0 Å². The highest BCUT2D eigenvalue weighted by Gasteiger charge is 2.11. The highest BCUT2D eigenvalue weighted by atomic mass is 16.5. The van der Waals surface area contributed by atoms with Crippen molar-refractivity contribution in [1.82, 2.24) is 5.32 Å². The predicted octanol–water partition coefficient (Wildman–Crippen LogP) is 12.7. The number of allylic oxidation sites excluding steroid dienone is 7. The summed E-state index contributed by atoms with van der Waals surface area (Å²) in [5, 5.41) is 11.0. The minimum Gasteiger partial charge on any atom is -0.480 e. The van der Waals surface area contributed by atoms with Crippen LogP contribution in [0, 0.1) is 0 Å². The van der Waals surface area contributed by atoms with E-state index in [0.717, 1.165) is 77.0 Å². The third kappa shape index (κ3) is 38.2. The predicted molar refractivity (Wildman–Crippen MR) is 212 cm³/mol. The molecule has 1 unspecified atom stereocenters. The van der Waals surface area contributed by atoms with Gasteiger partial charge in [0.25, 0.3) is 0 Å². The monoisotopic (exact) mass is 700 g/mol. The molecule has 288 valence electrons.